The normalized spacial score (nSPS) is 11.1. The van der Waals surface area contributed by atoms with Crippen molar-refractivity contribution in [1.29, 1.82) is 0 Å². The molecule has 0 fully saturated rings. The molecule has 2 heterocycles. The summed E-state index contributed by atoms with van der Waals surface area (Å²) in [4.78, 5) is 4.48. The van der Waals surface area contributed by atoms with Gasteiger partial charge >= 0.3 is 0 Å². The molecular weight excluding hydrogens is 230 g/mol. The van der Waals surface area contributed by atoms with Crippen molar-refractivity contribution in [3.05, 3.63) is 46.5 Å². The molecule has 4 heteroatoms. The Morgan fingerprint density at radius 2 is 2.24 bits per heavy atom. The number of thiazole rings is 1. The van der Waals surface area contributed by atoms with Crippen LogP contribution in [0.3, 0.4) is 0 Å². The van der Waals surface area contributed by atoms with Crippen LogP contribution in [0, 0.1) is 6.92 Å². The van der Waals surface area contributed by atoms with Gasteiger partial charge in [-0.25, -0.2) is 4.98 Å². The molecule has 86 valence electrons. The van der Waals surface area contributed by atoms with Crippen molar-refractivity contribution in [3.8, 4) is 0 Å². The van der Waals surface area contributed by atoms with Gasteiger partial charge in [-0.1, -0.05) is 0 Å². The standard InChI is InChI=1S/C13H13N3S/c1-9-15-12(8-17-9)7-16-5-4-10-6-11(14)2-3-13(10)16/h2-6,8H,7,14H2,1H3. The van der Waals surface area contributed by atoms with Gasteiger partial charge in [0.05, 0.1) is 17.2 Å². The number of rotatable bonds is 2. The van der Waals surface area contributed by atoms with Crippen LogP contribution in [0.15, 0.2) is 35.8 Å². The van der Waals surface area contributed by atoms with Crippen molar-refractivity contribution in [1.82, 2.24) is 9.55 Å². The van der Waals surface area contributed by atoms with E-state index in [1.54, 1.807) is 11.3 Å². The summed E-state index contributed by atoms with van der Waals surface area (Å²) < 4.78 is 2.20. The number of benzene rings is 1. The second kappa shape index (κ2) is 3.89. The summed E-state index contributed by atoms with van der Waals surface area (Å²) in [6.45, 7) is 2.85. The van der Waals surface area contributed by atoms with E-state index in [2.05, 4.69) is 33.3 Å². The summed E-state index contributed by atoms with van der Waals surface area (Å²) in [6, 6.07) is 8.08. The lowest BCUT2D eigenvalue weighted by Crippen LogP contribution is -1.98. The van der Waals surface area contributed by atoms with E-state index in [1.807, 2.05) is 19.1 Å². The summed E-state index contributed by atoms with van der Waals surface area (Å²) >= 11 is 1.69. The van der Waals surface area contributed by atoms with Crippen LogP contribution in [-0.4, -0.2) is 9.55 Å². The number of nitrogens with zero attached hydrogens (tertiary/aromatic N) is 2. The molecule has 0 aliphatic heterocycles. The van der Waals surface area contributed by atoms with Crippen molar-refractivity contribution >= 4 is 27.9 Å². The van der Waals surface area contributed by atoms with Crippen molar-refractivity contribution in [2.24, 2.45) is 0 Å². The molecule has 2 N–H and O–H groups in total. The van der Waals surface area contributed by atoms with Crippen LogP contribution in [-0.2, 0) is 6.54 Å². The third kappa shape index (κ3) is 1.91. The number of aromatic nitrogens is 2. The Kier molecular flexibility index (Phi) is 2.37. The van der Waals surface area contributed by atoms with Gasteiger partial charge in [0.15, 0.2) is 0 Å². The fourth-order valence-corrected chi connectivity index (χ4v) is 2.62. The largest absolute Gasteiger partial charge is 0.399 e. The van der Waals surface area contributed by atoms with E-state index in [4.69, 9.17) is 5.73 Å². The highest BCUT2D eigenvalue weighted by Gasteiger charge is 2.04. The Hall–Kier alpha value is -1.81. The van der Waals surface area contributed by atoms with Gasteiger partial charge in [-0.3, -0.25) is 0 Å². The van der Waals surface area contributed by atoms with E-state index >= 15 is 0 Å². The molecule has 3 nitrogen and oxygen atoms in total. The molecule has 0 bridgehead atoms. The fourth-order valence-electron chi connectivity index (χ4n) is 2.01. The van der Waals surface area contributed by atoms with E-state index in [1.165, 1.54) is 10.9 Å². The predicted octanol–water partition coefficient (Wildman–Crippen LogP) is 3.04. The summed E-state index contributed by atoms with van der Waals surface area (Å²) in [5.41, 5.74) is 8.89. The lowest BCUT2D eigenvalue weighted by atomic mass is 10.2. The van der Waals surface area contributed by atoms with E-state index in [9.17, 15) is 0 Å². The maximum absolute atomic E-state index is 5.77. The minimum Gasteiger partial charge on any atom is -0.399 e. The molecule has 0 saturated heterocycles. The number of nitrogens with two attached hydrogens (primary N) is 1. The molecule has 0 atom stereocenters. The molecule has 0 saturated carbocycles. The van der Waals surface area contributed by atoms with Crippen LogP contribution >= 0.6 is 11.3 Å². The van der Waals surface area contributed by atoms with E-state index < -0.39 is 0 Å². The maximum Gasteiger partial charge on any atom is 0.0898 e. The lowest BCUT2D eigenvalue weighted by Gasteiger charge is -2.03. The van der Waals surface area contributed by atoms with Gasteiger partial charge in [0, 0.05) is 28.2 Å². The molecule has 0 radical (unpaired) electrons. The molecule has 0 spiro atoms. The first-order chi connectivity index (χ1) is 8.22. The second-order valence-electron chi connectivity index (χ2n) is 4.12. The Balaban J connectivity index is 2.00. The fraction of sp³-hybridized carbons (Fsp3) is 0.154. The summed E-state index contributed by atoms with van der Waals surface area (Å²) in [6.07, 6.45) is 2.08. The molecule has 2 aromatic heterocycles. The molecule has 0 unspecified atom stereocenters. The Morgan fingerprint density at radius 1 is 1.35 bits per heavy atom. The smallest absolute Gasteiger partial charge is 0.0898 e. The zero-order chi connectivity index (χ0) is 11.8. The third-order valence-electron chi connectivity index (χ3n) is 2.79. The molecular formula is C13H13N3S. The van der Waals surface area contributed by atoms with Crippen LogP contribution in [0.4, 0.5) is 5.69 Å². The molecule has 1 aromatic carbocycles. The van der Waals surface area contributed by atoms with E-state index in [0.717, 1.165) is 22.9 Å². The number of anilines is 1. The van der Waals surface area contributed by atoms with Crippen molar-refractivity contribution in [2.45, 2.75) is 13.5 Å². The van der Waals surface area contributed by atoms with Crippen molar-refractivity contribution < 1.29 is 0 Å². The van der Waals surface area contributed by atoms with Gasteiger partial charge in [0.1, 0.15) is 0 Å². The third-order valence-corrected chi connectivity index (χ3v) is 3.62. The summed E-state index contributed by atoms with van der Waals surface area (Å²) in [5.74, 6) is 0. The number of hydrogen-bond donors (Lipinski definition) is 1. The topological polar surface area (TPSA) is 43.8 Å². The Bertz CT molecular complexity index is 666. The van der Waals surface area contributed by atoms with Crippen molar-refractivity contribution in [3.63, 3.8) is 0 Å². The number of hydrogen-bond acceptors (Lipinski definition) is 3. The van der Waals surface area contributed by atoms with E-state index in [0.29, 0.717) is 0 Å². The van der Waals surface area contributed by atoms with Gasteiger partial charge in [-0.2, -0.15) is 0 Å². The number of aryl methyl sites for hydroxylation is 1. The van der Waals surface area contributed by atoms with Crippen LogP contribution in [0.5, 0.6) is 0 Å². The molecule has 17 heavy (non-hydrogen) atoms. The molecule has 3 rings (SSSR count). The SMILES string of the molecule is Cc1nc(Cn2ccc3cc(N)ccc32)cs1. The molecule has 0 aliphatic carbocycles. The average molecular weight is 243 g/mol. The van der Waals surface area contributed by atoms with Gasteiger partial charge in [-0.15, -0.1) is 11.3 Å². The second-order valence-corrected chi connectivity index (χ2v) is 5.18. The average Bonchev–Trinajstić information content (AvgIpc) is 2.86. The minimum atomic E-state index is 0.805. The van der Waals surface area contributed by atoms with Gasteiger partial charge in [-0.05, 0) is 31.2 Å². The first-order valence-corrected chi connectivity index (χ1v) is 6.36. The van der Waals surface area contributed by atoms with Crippen LogP contribution < -0.4 is 5.73 Å². The van der Waals surface area contributed by atoms with Crippen LogP contribution in [0.25, 0.3) is 10.9 Å². The molecule has 0 amide bonds. The van der Waals surface area contributed by atoms with Crippen LogP contribution in [0.1, 0.15) is 10.7 Å². The van der Waals surface area contributed by atoms with Crippen LogP contribution in [0.2, 0.25) is 0 Å². The Morgan fingerprint density at radius 3 is 3.00 bits per heavy atom. The molecule has 0 aliphatic rings. The summed E-state index contributed by atoms with van der Waals surface area (Å²) in [7, 11) is 0. The number of nitrogen functional groups attached to an aromatic ring is 1. The number of fused-ring (bicyclic) bond motifs is 1. The van der Waals surface area contributed by atoms with E-state index in [-0.39, 0.29) is 0 Å². The predicted molar refractivity (Wildman–Crippen MR) is 72.3 cm³/mol. The van der Waals surface area contributed by atoms with Gasteiger partial charge in [0.25, 0.3) is 0 Å². The first-order valence-electron chi connectivity index (χ1n) is 5.48. The lowest BCUT2D eigenvalue weighted by molar-refractivity contribution is 0.812. The zero-order valence-corrected chi connectivity index (χ0v) is 10.4. The molecule has 3 aromatic rings. The highest BCUT2D eigenvalue weighted by molar-refractivity contribution is 7.09. The summed E-state index contributed by atoms with van der Waals surface area (Å²) in [5, 5.41) is 4.40. The maximum atomic E-state index is 5.77. The zero-order valence-electron chi connectivity index (χ0n) is 9.55. The van der Waals surface area contributed by atoms with Gasteiger partial charge < -0.3 is 10.3 Å². The first kappa shape index (κ1) is 10.4. The quantitative estimate of drug-likeness (QED) is 0.703. The van der Waals surface area contributed by atoms with Gasteiger partial charge in [0.2, 0.25) is 0 Å². The highest BCUT2D eigenvalue weighted by Crippen LogP contribution is 2.20. The highest BCUT2D eigenvalue weighted by atomic mass is 32.1. The monoisotopic (exact) mass is 243 g/mol. The van der Waals surface area contributed by atoms with Crippen molar-refractivity contribution in [2.75, 3.05) is 5.73 Å². The Labute approximate surface area is 104 Å². The minimum absolute atomic E-state index is 0.805.